The standard InChI is InChI=1S/C16H17ClFN3S2/c1-21(11-4-3-5-13(8-11)23-10-18)16(19)20-15-9-12(22-2)6-7-14(15)17/h3-9H,10H2,1-2H3,(H2,19,20)/i18-1. The van der Waals surface area contributed by atoms with Crippen molar-refractivity contribution in [1.82, 2.24) is 0 Å². The molecule has 0 radical (unpaired) electrons. The Morgan fingerprint density at radius 2 is 2.04 bits per heavy atom. The quantitative estimate of drug-likeness (QED) is 0.449. The van der Waals surface area contributed by atoms with E-state index in [4.69, 9.17) is 17.3 Å². The Morgan fingerprint density at radius 3 is 2.74 bits per heavy atom. The highest BCUT2D eigenvalue weighted by Crippen LogP contribution is 2.30. The van der Waals surface area contributed by atoms with Gasteiger partial charge in [-0.2, -0.15) is 0 Å². The molecule has 0 spiro atoms. The van der Waals surface area contributed by atoms with Crippen molar-refractivity contribution < 1.29 is 4.39 Å². The molecule has 7 heteroatoms. The number of guanidine groups is 1. The zero-order valence-corrected chi connectivity index (χ0v) is 15.2. The Morgan fingerprint density at radius 1 is 1.26 bits per heavy atom. The molecule has 0 unspecified atom stereocenters. The Kier molecular flexibility index (Phi) is 6.62. The van der Waals surface area contributed by atoms with Gasteiger partial charge < -0.3 is 10.6 Å². The van der Waals surface area contributed by atoms with Crippen LogP contribution in [0.3, 0.4) is 0 Å². The minimum Gasteiger partial charge on any atom is -0.369 e. The van der Waals surface area contributed by atoms with E-state index < -0.39 is 6.01 Å². The minimum absolute atomic E-state index is 0.313. The number of nitrogens with two attached hydrogens (primary N) is 1. The fourth-order valence-corrected chi connectivity index (χ4v) is 2.98. The monoisotopic (exact) mass is 368 g/mol. The van der Waals surface area contributed by atoms with Crippen molar-refractivity contribution in [2.75, 3.05) is 24.2 Å². The largest absolute Gasteiger partial charge is 0.369 e. The zero-order chi connectivity index (χ0) is 16.8. The maximum atomic E-state index is 12.5. The van der Waals surface area contributed by atoms with E-state index in [1.807, 2.05) is 49.7 Å². The van der Waals surface area contributed by atoms with Crippen LogP contribution in [0.4, 0.5) is 15.8 Å². The van der Waals surface area contributed by atoms with Crippen LogP contribution in [0.15, 0.2) is 57.2 Å². The molecule has 0 heterocycles. The molecule has 0 atom stereocenters. The lowest BCUT2D eigenvalue weighted by Crippen LogP contribution is -2.33. The predicted molar refractivity (Wildman–Crippen MR) is 101 cm³/mol. The number of nitrogens with zero attached hydrogens (tertiary/aromatic N) is 2. The molecule has 2 aromatic rings. The van der Waals surface area contributed by atoms with Crippen LogP contribution in [-0.4, -0.2) is 25.3 Å². The summed E-state index contributed by atoms with van der Waals surface area (Å²) in [6.45, 7) is 0. The molecule has 2 rings (SSSR count). The van der Waals surface area contributed by atoms with Gasteiger partial charge in [0.25, 0.3) is 0 Å². The highest BCUT2D eigenvalue weighted by molar-refractivity contribution is 7.99. The summed E-state index contributed by atoms with van der Waals surface area (Å²) >= 11 is 8.92. The lowest BCUT2D eigenvalue weighted by atomic mass is 10.3. The van der Waals surface area contributed by atoms with E-state index >= 15 is 0 Å². The molecule has 0 aliphatic heterocycles. The van der Waals surface area contributed by atoms with Crippen molar-refractivity contribution in [3.8, 4) is 0 Å². The van der Waals surface area contributed by atoms with Crippen LogP contribution >= 0.6 is 35.1 Å². The molecule has 122 valence electrons. The Hall–Kier alpha value is -1.37. The van der Waals surface area contributed by atoms with Crippen molar-refractivity contribution in [2.45, 2.75) is 9.79 Å². The normalized spacial score (nSPS) is 11.6. The van der Waals surface area contributed by atoms with Gasteiger partial charge in [-0.15, -0.1) is 11.8 Å². The molecule has 0 saturated heterocycles. The van der Waals surface area contributed by atoms with Gasteiger partial charge in [0.1, 0.15) is 6.01 Å². The summed E-state index contributed by atoms with van der Waals surface area (Å²) in [4.78, 5) is 8.05. The minimum atomic E-state index is -0.464. The summed E-state index contributed by atoms with van der Waals surface area (Å²) in [7, 11) is 1.81. The average molecular weight is 369 g/mol. The van der Waals surface area contributed by atoms with Crippen LogP contribution in [0.25, 0.3) is 0 Å². The SMILES string of the molecule is CSc1ccc(Cl)c(N=C(N)N(C)c2cccc(SC[18F])c2)c1. The first-order valence-corrected chi connectivity index (χ1v) is 9.34. The van der Waals surface area contributed by atoms with Gasteiger partial charge in [-0.1, -0.05) is 29.4 Å². The van der Waals surface area contributed by atoms with Crippen LogP contribution in [0.5, 0.6) is 0 Å². The number of halogens is 2. The molecule has 0 fully saturated rings. The molecule has 0 aromatic heterocycles. The summed E-state index contributed by atoms with van der Waals surface area (Å²) in [5.74, 6) is 0.313. The van der Waals surface area contributed by atoms with Crippen molar-refractivity contribution in [3.05, 3.63) is 47.5 Å². The molecule has 2 N–H and O–H groups in total. The molecule has 23 heavy (non-hydrogen) atoms. The highest BCUT2D eigenvalue weighted by atomic mass is 35.5. The van der Waals surface area contributed by atoms with Gasteiger partial charge in [0.2, 0.25) is 5.96 Å². The third-order valence-electron chi connectivity index (χ3n) is 3.16. The second-order valence-corrected chi connectivity index (χ2v) is 6.86. The van der Waals surface area contributed by atoms with Crippen LogP contribution in [0.2, 0.25) is 5.02 Å². The Bertz CT molecular complexity index is 709. The van der Waals surface area contributed by atoms with Gasteiger partial charge in [0, 0.05) is 22.5 Å². The summed E-state index contributed by atoms with van der Waals surface area (Å²) in [5.41, 5.74) is 7.55. The van der Waals surface area contributed by atoms with E-state index in [0.717, 1.165) is 27.2 Å². The van der Waals surface area contributed by atoms with Crippen molar-refractivity contribution in [2.24, 2.45) is 10.7 Å². The maximum absolute atomic E-state index is 12.5. The molecular weight excluding hydrogens is 352 g/mol. The van der Waals surface area contributed by atoms with Gasteiger partial charge in [-0.05, 0) is 42.7 Å². The molecule has 0 saturated carbocycles. The van der Waals surface area contributed by atoms with Gasteiger partial charge in [0.15, 0.2) is 0 Å². The molecule has 3 nitrogen and oxygen atoms in total. The number of thioether (sulfide) groups is 2. The number of anilines is 1. The molecule has 2 aromatic carbocycles. The molecule has 0 aliphatic carbocycles. The predicted octanol–water partition coefficient (Wildman–Crippen LogP) is 5.16. The van der Waals surface area contributed by atoms with Crippen LogP contribution in [-0.2, 0) is 0 Å². The van der Waals surface area contributed by atoms with Crippen LogP contribution in [0, 0.1) is 0 Å². The summed E-state index contributed by atoms with van der Waals surface area (Å²) in [5, 5.41) is 0.542. The van der Waals surface area contributed by atoms with Gasteiger partial charge in [-0.25, -0.2) is 9.38 Å². The number of rotatable bonds is 5. The number of hydrogen-bond acceptors (Lipinski definition) is 3. The molecule has 0 aliphatic rings. The number of alkyl halides is 1. The maximum Gasteiger partial charge on any atom is 0.200 e. The van der Waals surface area contributed by atoms with Gasteiger partial charge >= 0.3 is 0 Å². The number of benzene rings is 2. The van der Waals surface area contributed by atoms with Gasteiger partial charge in [0.05, 0.1) is 10.7 Å². The Balaban J connectivity index is 2.28. The average Bonchev–Trinajstić information content (AvgIpc) is 2.56. The van der Waals surface area contributed by atoms with Crippen molar-refractivity contribution in [3.63, 3.8) is 0 Å². The first-order valence-electron chi connectivity index (χ1n) is 6.75. The van der Waals surface area contributed by atoms with Gasteiger partial charge in [-0.3, -0.25) is 0 Å². The third kappa shape index (κ3) is 4.80. The fourth-order valence-electron chi connectivity index (χ4n) is 1.88. The summed E-state index contributed by atoms with van der Waals surface area (Å²) < 4.78 is 12.5. The van der Waals surface area contributed by atoms with E-state index in [9.17, 15) is 4.39 Å². The lowest BCUT2D eigenvalue weighted by molar-refractivity contribution is 0.606. The topological polar surface area (TPSA) is 41.6 Å². The molecule has 0 amide bonds. The second kappa shape index (κ2) is 8.47. The number of aliphatic imine (C=N–C) groups is 1. The molecular formula is C16H17ClFN3S2. The second-order valence-electron chi connectivity index (χ2n) is 4.60. The van der Waals surface area contributed by atoms with E-state index in [2.05, 4.69) is 4.99 Å². The van der Waals surface area contributed by atoms with E-state index in [0.29, 0.717) is 16.7 Å². The van der Waals surface area contributed by atoms with Crippen LogP contribution < -0.4 is 10.6 Å². The van der Waals surface area contributed by atoms with Crippen molar-refractivity contribution >= 4 is 52.5 Å². The number of hydrogen-bond donors (Lipinski definition) is 1. The molecule has 0 bridgehead atoms. The lowest BCUT2D eigenvalue weighted by Gasteiger charge is -2.19. The highest BCUT2D eigenvalue weighted by Gasteiger charge is 2.08. The fraction of sp³-hybridized carbons (Fsp3) is 0.188. The zero-order valence-electron chi connectivity index (χ0n) is 12.8. The van der Waals surface area contributed by atoms with Crippen LogP contribution in [0.1, 0.15) is 0 Å². The summed E-state index contributed by atoms with van der Waals surface area (Å²) in [6, 6.07) is 12.6. The van der Waals surface area contributed by atoms with E-state index in [-0.39, 0.29) is 0 Å². The van der Waals surface area contributed by atoms with E-state index in [1.165, 1.54) is 0 Å². The smallest absolute Gasteiger partial charge is 0.200 e. The van der Waals surface area contributed by atoms with Crippen molar-refractivity contribution in [1.29, 1.82) is 0 Å². The first kappa shape index (κ1) is 18.0. The van der Waals surface area contributed by atoms with E-state index in [1.54, 1.807) is 22.7 Å². The first-order chi connectivity index (χ1) is 11.0. The Labute approximate surface area is 149 Å². The third-order valence-corrected chi connectivity index (χ3v) is 4.90. The summed E-state index contributed by atoms with van der Waals surface area (Å²) in [6.07, 6.45) is 1.99.